The first kappa shape index (κ1) is 25.5. The van der Waals surface area contributed by atoms with Crippen molar-refractivity contribution in [2.45, 2.75) is 43.2 Å². The van der Waals surface area contributed by atoms with E-state index in [4.69, 9.17) is 4.55 Å². The predicted octanol–water partition coefficient (Wildman–Crippen LogP) is 2.05. The average Bonchev–Trinajstić information content (AvgIpc) is 2.49. The Hall–Kier alpha value is -0.690. The zero-order valence-corrected chi connectivity index (χ0v) is 13.5. The van der Waals surface area contributed by atoms with E-state index in [1.54, 1.807) is 0 Å². The molecule has 7 atom stereocenters. The standard InChI is InChI=1S/C9H12F8O3S.C2H7N/c10-1-3(11)5(13)7(15)9(17)8(16)6(14)4(12)2-21(18,19)20;1-3-2/h3-9H,1-2H2,(H,18,19,20);3H,1-2H3. The van der Waals surface area contributed by atoms with Crippen LogP contribution in [0.1, 0.15) is 0 Å². The SMILES string of the molecule is CNC.O=S(=O)(O)CC(F)C(F)C(F)C(F)C(F)C(F)C(F)CF. The molecule has 2 N–H and O–H groups in total. The third kappa shape index (κ3) is 9.57. The number of rotatable bonds is 9. The van der Waals surface area contributed by atoms with E-state index in [1.165, 1.54) is 0 Å². The summed E-state index contributed by atoms with van der Waals surface area (Å²) in [4.78, 5) is 0. The van der Waals surface area contributed by atoms with Crippen molar-refractivity contribution in [3.05, 3.63) is 0 Å². The zero-order valence-electron chi connectivity index (χ0n) is 12.7. The Morgan fingerprint density at radius 1 is 0.792 bits per heavy atom. The van der Waals surface area contributed by atoms with E-state index in [0.29, 0.717) is 0 Å². The Labute approximate surface area is 134 Å². The van der Waals surface area contributed by atoms with Gasteiger partial charge < -0.3 is 5.32 Å². The molecule has 24 heavy (non-hydrogen) atoms. The van der Waals surface area contributed by atoms with Crippen LogP contribution >= 0.6 is 0 Å². The van der Waals surface area contributed by atoms with Crippen LogP contribution in [-0.4, -0.2) is 82.7 Å². The van der Waals surface area contributed by atoms with Gasteiger partial charge in [-0.05, 0) is 14.1 Å². The second-order valence-electron chi connectivity index (χ2n) is 4.66. The van der Waals surface area contributed by atoms with E-state index in [0.717, 1.165) is 0 Å². The first-order valence-electron chi connectivity index (χ1n) is 6.42. The molecule has 13 heteroatoms. The van der Waals surface area contributed by atoms with Crippen molar-refractivity contribution in [1.82, 2.24) is 5.32 Å². The molecule has 0 saturated heterocycles. The lowest BCUT2D eigenvalue weighted by atomic mass is 10.0. The van der Waals surface area contributed by atoms with Gasteiger partial charge in [-0.15, -0.1) is 0 Å². The maximum absolute atomic E-state index is 13.1. The van der Waals surface area contributed by atoms with Gasteiger partial charge in [-0.2, -0.15) is 8.42 Å². The Balaban J connectivity index is 0. The third-order valence-corrected chi connectivity index (χ3v) is 3.16. The molecule has 4 nitrogen and oxygen atoms in total. The minimum absolute atomic E-state index is 1.88. The molecule has 0 aliphatic carbocycles. The lowest BCUT2D eigenvalue weighted by Crippen LogP contribution is -2.46. The van der Waals surface area contributed by atoms with Gasteiger partial charge in [0.25, 0.3) is 10.1 Å². The molecule has 0 bridgehead atoms. The first-order chi connectivity index (χ1) is 10.8. The summed E-state index contributed by atoms with van der Waals surface area (Å²) >= 11 is 0. The van der Waals surface area contributed by atoms with Crippen LogP contribution in [-0.2, 0) is 10.1 Å². The average molecular weight is 397 g/mol. The molecule has 0 aromatic carbocycles. The Morgan fingerprint density at radius 3 is 1.38 bits per heavy atom. The van der Waals surface area contributed by atoms with Gasteiger partial charge in [0.1, 0.15) is 12.4 Å². The summed E-state index contributed by atoms with van der Waals surface area (Å²) in [6, 6.07) is 0. The van der Waals surface area contributed by atoms with Crippen molar-refractivity contribution < 1.29 is 48.1 Å². The van der Waals surface area contributed by atoms with Crippen molar-refractivity contribution in [2.75, 3.05) is 26.5 Å². The van der Waals surface area contributed by atoms with Crippen molar-refractivity contribution in [3.63, 3.8) is 0 Å². The van der Waals surface area contributed by atoms with Gasteiger partial charge in [-0.25, -0.2) is 35.1 Å². The van der Waals surface area contributed by atoms with Crippen LogP contribution < -0.4 is 5.32 Å². The van der Waals surface area contributed by atoms with Crippen molar-refractivity contribution >= 4 is 10.1 Å². The van der Waals surface area contributed by atoms with Crippen LogP contribution in [0.4, 0.5) is 35.1 Å². The Morgan fingerprint density at radius 2 is 1.08 bits per heavy atom. The van der Waals surface area contributed by atoms with Gasteiger partial charge in [0.2, 0.25) is 0 Å². The molecular weight excluding hydrogens is 378 g/mol. The van der Waals surface area contributed by atoms with Gasteiger partial charge in [-0.1, -0.05) is 0 Å². The van der Waals surface area contributed by atoms with E-state index in [9.17, 15) is 43.5 Å². The largest absolute Gasteiger partial charge is 0.323 e. The molecule has 0 fully saturated rings. The molecule has 0 radical (unpaired) electrons. The second-order valence-corrected chi connectivity index (χ2v) is 6.15. The van der Waals surface area contributed by atoms with Crippen LogP contribution in [0.25, 0.3) is 0 Å². The minimum atomic E-state index is -5.06. The fourth-order valence-corrected chi connectivity index (χ4v) is 1.89. The quantitative estimate of drug-likeness (QED) is 0.462. The molecule has 0 spiro atoms. The fraction of sp³-hybridized carbons (Fsp3) is 1.00. The fourth-order valence-electron chi connectivity index (χ4n) is 1.30. The first-order valence-corrected chi connectivity index (χ1v) is 8.03. The van der Waals surface area contributed by atoms with Crippen molar-refractivity contribution in [3.8, 4) is 0 Å². The topological polar surface area (TPSA) is 66.4 Å². The summed E-state index contributed by atoms with van der Waals surface area (Å²) in [6.45, 7) is -2.04. The molecule has 0 amide bonds. The Kier molecular flexibility index (Phi) is 12.6. The van der Waals surface area contributed by atoms with Crippen molar-refractivity contribution in [1.29, 1.82) is 0 Å². The van der Waals surface area contributed by atoms with Crippen LogP contribution in [0.15, 0.2) is 0 Å². The van der Waals surface area contributed by atoms with Crippen LogP contribution in [0, 0.1) is 0 Å². The van der Waals surface area contributed by atoms with E-state index in [2.05, 4.69) is 5.32 Å². The zero-order chi connectivity index (χ0) is 19.7. The molecule has 0 heterocycles. The normalized spacial score (nSPS) is 20.8. The van der Waals surface area contributed by atoms with Crippen LogP contribution in [0.3, 0.4) is 0 Å². The highest BCUT2D eigenvalue weighted by Gasteiger charge is 2.46. The molecule has 0 aromatic heterocycles. The lowest BCUT2D eigenvalue weighted by Gasteiger charge is -2.24. The third-order valence-electron chi connectivity index (χ3n) is 2.43. The smallest absolute Gasteiger partial charge is 0.267 e. The maximum atomic E-state index is 13.1. The summed E-state index contributed by atoms with van der Waals surface area (Å²) in [5.41, 5.74) is 0. The molecule has 148 valence electrons. The van der Waals surface area contributed by atoms with E-state index >= 15 is 0 Å². The van der Waals surface area contributed by atoms with Gasteiger partial charge in [0.05, 0.1) is 0 Å². The molecule has 0 rings (SSSR count). The second kappa shape index (κ2) is 11.8. The number of halogens is 8. The summed E-state index contributed by atoms with van der Waals surface area (Å²) in [5, 5.41) is 2.75. The maximum Gasteiger partial charge on any atom is 0.267 e. The highest BCUT2D eigenvalue weighted by Crippen LogP contribution is 2.26. The monoisotopic (exact) mass is 397 g/mol. The highest BCUT2D eigenvalue weighted by molar-refractivity contribution is 7.85. The molecule has 0 saturated carbocycles. The highest BCUT2D eigenvalue weighted by atomic mass is 32.2. The van der Waals surface area contributed by atoms with Gasteiger partial charge in [0, 0.05) is 0 Å². The molecule has 0 aliphatic rings. The number of nitrogens with one attached hydrogen (secondary N) is 1. The summed E-state index contributed by atoms with van der Waals surface area (Å²) < 4.78 is 131. The molecular formula is C11H19F8NO3S. The number of alkyl halides is 8. The Bertz CT molecular complexity index is 429. The van der Waals surface area contributed by atoms with E-state index in [1.807, 2.05) is 14.1 Å². The van der Waals surface area contributed by atoms with Gasteiger partial charge in [-0.3, -0.25) is 4.55 Å². The predicted molar refractivity (Wildman–Crippen MR) is 71.6 cm³/mol. The van der Waals surface area contributed by atoms with Crippen LogP contribution in [0.5, 0.6) is 0 Å². The summed E-state index contributed by atoms with van der Waals surface area (Å²) in [6.07, 6.45) is -24.4. The molecule has 0 aliphatic heterocycles. The van der Waals surface area contributed by atoms with E-state index < -0.39 is 65.7 Å². The van der Waals surface area contributed by atoms with Gasteiger partial charge >= 0.3 is 0 Å². The van der Waals surface area contributed by atoms with E-state index in [-0.39, 0.29) is 0 Å². The van der Waals surface area contributed by atoms with Crippen LogP contribution in [0.2, 0.25) is 0 Å². The number of hydrogen-bond acceptors (Lipinski definition) is 3. The van der Waals surface area contributed by atoms with Crippen molar-refractivity contribution in [2.24, 2.45) is 0 Å². The summed E-state index contributed by atoms with van der Waals surface area (Å²) in [7, 11) is -1.31. The van der Waals surface area contributed by atoms with Gasteiger partial charge in [0.15, 0.2) is 43.2 Å². The lowest BCUT2D eigenvalue weighted by molar-refractivity contribution is -0.0351. The molecule has 0 aromatic rings. The molecule has 7 unspecified atom stereocenters. The number of hydrogen-bond donors (Lipinski definition) is 2. The summed E-state index contributed by atoms with van der Waals surface area (Å²) in [5.74, 6) is -1.94. The minimum Gasteiger partial charge on any atom is -0.323 e.